The summed E-state index contributed by atoms with van der Waals surface area (Å²) < 4.78 is 13.8. The molecule has 0 radical (unpaired) electrons. The van der Waals surface area contributed by atoms with Crippen molar-refractivity contribution in [2.45, 2.75) is 13.8 Å². The Morgan fingerprint density at radius 2 is 1.54 bits per heavy atom. The molecule has 26 heavy (non-hydrogen) atoms. The van der Waals surface area contributed by atoms with E-state index in [0.717, 1.165) is 5.69 Å². The Balaban J connectivity index is 1.77. The van der Waals surface area contributed by atoms with Crippen molar-refractivity contribution in [2.75, 3.05) is 16.0 Å². The third-order valence-electron chi connectivity index (χ3n) is 3.45. The number of nitrogens with one attached hydrogen (secondary N) is 3. The van der Waals surface area contributed by atoms with Crippen molar-refractivity contribution in [2.24, 2.45) is 0 Å². The van der Waals surface area contributed by atoms with Gasteiger partial charge in [0, 0.05) is 24.4 Å². The Morgan fingerprint density at radius 1 is 0.923 bits per heavy atom. The minimum atomic E-state index is -0.355. The molecule has 0 bridgehead atoms. The minimum absolute atomic E-state index is 0.124. The number of hydrogen-bond acceptors (Lipinski definition) is 5. The molecule has 6 nitrogen and oxygen atoms in total. The third kappa shape index (κ3) is 4.54. The molecule has 0 aliphatic rings. The Kier molecular flexibility index (Phi) is 5.07. The fourth-order valence-electron chi connectivity index (χ4n) is 2.38. The molecule has 0 aliphatic carbocycles. The Labute approximate surface area is 150 Å². The first-order valence-corrected chi connectivity index (χ1v) is 8.01. The topological polar surface area (TPSA) is 78.9 Å². The molecule has 3 N–H and O–H groups in total. The molecule has 132 valence electrons. The number of carbonyl (C=O) groups excluding carboxylic acids is 1. The van der Waals surface area contributed by atoms with Crippen LogP contribution >= 0.6 is 0 Å². The molecular formula is C19H18FN5O. The normalized spacial score (nSPS) is 10.3. The first-order chi connectivity index (χ1) is 12.5. The van der Waals surface area contributed by atoms with Gasteiger partial charge in [0.25, 0.3) is 0 Å². The van der Waals surface area contributed by atoms with Gasteiger partial charge in [-0.1, -0.05) is 12.1 Å². The molecule has 1 aromatic heterocycles. The van der Waals surface area contributed by atoms with E-state index in [-0.39, 0.29) is 11.7 Å². The van der Waals surface area contributed by atoms with Gasteiger partial charge in [0.2, 0.25) is 5.91 Å². The third-order valence-corrected chi connectivity index (χ3v) is 3.45. The lowest BCUT2D eigenvalue weighted by atomic mass is 10.2. The number of rotatable bonds is 5. The second kappa shape index (κ2) is 7.60. The van der Waals surface area contributed by atoms with E-state index in [1.54, 1.807) is 43.3 Å². The number of aromatic nitrogens is 2. The molecule has 1 amide bonds. The van der Waals surface area contributed by atoms with Crippen LogP contribution in [0.15, 0.2) is 54.6 Å². The number of aryl methyl sites for hydroxylation is 1. The van der Waals surface area contributed by atoms with Crippen LogP contribution in [-0.2, 0) is 4.79 Å². The van der Waals surface area contributed by atoms with Crippen LogP contribution in [-0.4, -0.2) is 15.9 Å². The van der Waals surface area contributed by atoms with Crippen LogP contribution in [0, 0.1) is 12.7 Å². The van der Waals surface area contributed by atoms with Gasteiger partial charge in [-0.2, -0.15) is 0 Å². The van der Waals surface area contributed by atoms with Crippen molar-refractivity contribution in [3.8, 4) is 0 Å². The lowest BCUT2D eigenvalue weighted by molar-refractivity contribution is -0.114. The summed E-state index contributed by atoms with van der Waals surface area (Å²) in [6.07, 6.45) is 0. The van der Waals surface area contributed by atoms with Gasteiger partial charge in [0.15, 0.2) is 0 Å². The minimum Gasteiger partial charge on any atom is -0.340 e. The summed E-state index contributed by atoms with van der Waals surface area (Å²) in [5.74, 6) is 1.13. The van der Waals surface area contributed by atoms with E-state index in [9.17, 15) is 9.18 Å². The fraction of sp³-hybridized carbons (Fsp3) is 0.105. The average Bonchev–Trinajstić information content (AvgIpc) is 2.58. The highest BCUT2D eigenvalue weighted by molar-refractivity contribution is 5.88. The fourth-order valence-corrected chi connectivity index (χ4v) is 2.38. The van der Waals surface area contributed by atoms with E-state index in [1.807, 2.05) is 12.1 Å². The highest BCUT2D eigenvalue weighted by atomic mass is 19.1. The van der Waals surface area contributed by atoms with Crippen molar-refractivity contribution in [1.29, 1.82) is 0 Å². The maximum atomic E-state index is 13.8. The highest BCUT2D eigenvalue weighted by Gasteiger charge is 2.06. The molecule has 0 spiro atoms. The number of benzene rings is 2. The van der Waals surface area contributed by atoms with E-state index < -0.39 is 0 Å². The highest BCUT2D eigenvalue weighted by Crippen LogP contribution is 2.22. The number of amides is 1. The number of carbonyl (C=O) groups is 1. The van der Waals surface area contributed by atoms with E-state index in [2.05, 4.69) is 25.9 Å². The van der Waals surface area contributed by atoms with Gasteiger partial charge in [0.05, 0.1) is 5.69 Å². The lowest BCUT2D eigenvalue weighted by Gasteiger charge is -2.11. The number of nitrogens with zero attached hydrogens (tertiary/aromatic N) is 2. The summed E-state index contributed by atoms with van der Waals surface area (Å²) in [5.41, 5.74) is 1.86. The standard InChI is InChI=1S/C19H18FN5O/c1-12-21-18(24-15-9-7-14(8-10-15)23-13(2)26)11-19(22-12)25-17-6-4-3-5-16(17)20/h3-11H,1-2H3,(H,23,26)(H2,21,22,24,25). The zero-order chi connectivity index (χ0) is 18.5. The maximum absolute atomic E-state index is 13.8. The summed E-state index contributed by atoms with van der Waals surface area (Å²) in [6.45, 7) is 3.22. The first-order valence-electron chi connectivity index (χ1n) is 8.01. The van der Waals surface area contributed by atoms with E-state index >= 15 is 0 Å². The van der Waals surface area contributed by atoms with Crippen molar-refractivity contribution < 1.29 is 9.18 Å². The van der Waals surface area contributed by atoms with E-state index in [1.165, 1.54) is 13.0 Å². The molecule has 0 saturated carbocycles. The number of anilines is 5. The zero-order valence-corrected chi connectivity index (χ0v) is 14.4. The van der Waals surface area contributed by atoms with Gasteiger partial charge in [-0.05, 0) is 43.3 Å². The Hall–Kier alpha value is -3.48. The van der Waals surface area contributed by atoms with Crippen molar-refractivity contribution in [3.05, 3.63) is 66.2 Å². The van der Waals surface area contributed by atoms with Crippen molar-refractivity contribution in [3.63, 3.8) is 0 Å². The van der Waals surface area contributed by atoms with Gasteiger partial charge in [-0.15, -0.1) is 0 Å². The lowest BCUT2D eigenvalue weighted by Crippen LogP contribution is -2.05. The van der Waals surface area contributed by atoms with Crippen molar-refractivity contribution in [1.82, 2.24) is 9.97 Å². The van der Waals surface area contributed by atoms with Crippen LogP contribution in [0.1, 0.15) is 12.7 Å². The summed E-state index contributed by atoms with van der Waals surface area (Å²) in [7, 11) is 0. The maximum Gasteiger partial charge on any atom is 0.221 e. The average molecular weight is 351 g/mol. The molecule has 3 rings (SSSR count). The molecule has 0 aliphatic heterocycles. The summed E-state index contributed by atoms with van der Waals surface area (Å²) in [6, 6.07) is 15.3. The van der Waals surface area contributed by atoms with Crippen LogP contribution in [0.4, 0.5) is 33.1 Å². The second-order valence-electron chi connectivity index (χ2n) is 5.67. The number of hydrogen-bond donors (Lipinski definition) is 3. The number of para-hydroxylation sites is 1. The molecule has 1 heterocycles. The molecular weight excluding hydrogens is 333 g/mol. The molecule has 0 atom stereocenters. The van der Waals surface area contributed by atoms with Gasteiger partial charge in [-0.3, -0.25) is 4.79 Å². The SMILES string of the molecule is CC(=O)Nc1ccc(Nc2cc(Nc3ccccc3F)nc(C)n2)cc1. The van der Waals surface area contributed by atoms with Crippen LogP contribution in [0.5, 0.6) is 0 Å². The van der Waals surface area contributed by atoms with Gasteiger partial charge >= 0.3 is 0 Å². The predicted octanol–water partition coefficient (Wildman–Crippen LogP) is 4.37. The second-order valence-corrected chi connectivity index (χ2v) is 5.67. The van der Waals surface area contributed by atoms with E-state index in [0.29, 0.717) is 28.8 Å². The largest absolute Gasteiger partial charge is 0.340 e. The first kappa shape index (κ1) is 17.3. The molecule has 7 heteroatoms. The molecule has 0 unspecified atom stereocenters. The van der Waals surface area contributed by atoms with Crippen LogP contribution in [0.25, 0.3) is 0 Å². The molecule has 3 aromatic rings. The zero-order valence-electron chi connectivity index (χ0n) is 14.4. The van der Waals surface area contributed by atoms with E-state index in [4.69, 9.17) is 0 Å². The van der Waals surface area contributed by atoms with Gasteiger partial charge < -0.3 is 16.0 Å². The number of halogens is 1. The Bertz CT molecular complexity index is 927. The van der Waals surface area contributed by atoms with Crippen LogP contribution in [0.3, 0.4) is 0 Å². The Morgan fingerprint density at radius 3 is 2.19 bits per heavy atom. The monoisotopic (exact) mass is 351 g/mol. The molecule has 2 aromatic carbocycles. The smallest absolute Gasteiger partial charge is 0.221 e. The summed E-state index contributed by atoms with van der Waals surface area (Å²) in [5, 5.41) is 8.83. The van der Waals surface area contributed by atoms with Crippen LogP contribution < -0.4 is 16.0 Å². The quantitative estimate of drug-likeness (QED) is 0.636. The predicted molar refractivity (Wildman–Crippen MR) is 100 cm³/mol. The van der Waals surface area contributed by atoms with Crippen molar-refractivity contribution >= 4 is 34.6 Å². The summed E-state index contributed by atoms with van der Waals surface area (Å²) >= 11 is 0. The molecule has 0 saturated heterocycles. The summed E-state index contributed by atoms with van der Waals surface area (Å²) in [4.78, 5) is 19.7. The molecule has 0 fully saturated rings. The van der Waals surface area contributed by atoms with Gasteiger partial charge in [-0.25, -0.2) is 14.4 Å². The van der Waals surface area contributed by atoms with Gasteiger partial charge in [0.1, 0.15) is 23.3 Å². The van der Waals surface area contributed by atoms with Crippen LogP contribution in [0.2, 0.25) is 0 Å².